The fourth-order valence-corrected chi connectivity index (χ4v) is 1.87. The van der Waals surface area contributed by atoms with Gasteiger partial charge in [0.25, 0.3) is 5.91 Å². The zero-order valence-corrected chi connectivity index (χ0v) is 10.1. The van der Waals surface area contributed by atoms with E-state index in [4.69, 9.17) is 0 Å². The van der Waals surface area contributed by atoms with Crippen LogP contribution in [0.3, 0.4) is 0 Å². The van der Waals surface area contributed by atoms with Crippen LogP contribution < -0.4 is 5.32 Å². The summed E-state index contributed by atoms with van der Waals surface area (Å²) >= 11 is 0. The highest BCUT2D eigenvalue weighted by atomic mass is 19.3. The number of rotatable bonds is 3. The highest BCUT2D eigenvalue weighted by Gasteiger charge is 2.26. The first-order valence-electron chi connectivity index (χ1n) is 5.79. The van der Waals surface area contributed by atoms with Crippen LogP contribution >= 0.6 is 0 Å². The van der Waals surface area contributed by atoms with E-state index in [9.17, 15) is 18.4 Å². The summed E-state index contributed by atoms with van der Waals surface area (Å²) < 4.78 is 24.0. The molecule has 0 atom stereocenters. The van der Waals surface area contributed by atoms with Gasteiger partial charge in [-0.2, -0.15) is 8.78 Å². The topological polar surface area (TPSA) is 49.4 Å². The van der Waals surface area contributed by atoms with Crippen molar-refractivity contribution in [1.82, 2.24) is 10.2 Å². The molecule has 1 heterocycles. The normalized spacial score (nSPS) is 17.6. The second-order valence-electron chi connectivity index (χ2n) is 4.56. The van der Waals surface area contributed by atoms with Gasteiger partial charge in [0.15, 0.2) is 0 Å². The van der Waals surface area contributed by atoms with Crippen LogP contribution in [-0.2, 0) is 9.59 Å². The summed E-state index contributed by atoms with van der Waals surface area (Å²) in [6.45, 7) is 4.69. The van der Waals surface area contributed by atoms with Crippen LogP contribution in [0.15, 0.2) is 0 Å². The molecule has 0 unspecified atom stereocenters. The van der Waals surface area contributed by atoms with Crippen LogP contribution in [-0.4, -0.2) is 42.3 Å². The lowest BCUT2D eigenvalue weighted by molar-refractivity contribution is -0.136. The molecule has 1 aliphatic rings. The summed E-state index contributed by atoms with van der Waals surface area (Å²) in [5.41, 5.74) is 0. The number of carbonyl (C=O) groups excluding carboxylic acids is 2. The first-order valence-corrected chi connectivity index (χ1v) is 5.79. The van der Waals surface area contributed by atoms with Gasteiger partial charge < -0.3 is 10.2 Å². The van der Waals surface area contributed by atoms with Gasteiger partial charge >= 0.3 is 6.43 Å². The van der Waals surface area contributed by atoms with Crippen LogP contribution in [0.2, 0.25) is 0 Å². The first-order chi connectivity index (χ1) is 7.91. The Morgan fingerprint density at radius 2 is 1.76 bits per heavy atom. The van der Waals surface area contributed by atoms with Gasteiger partial charge in [0.2, 0.25) is 5.91 Å². The molecule has 1 fully saturated rings. The maximum absolute atomic E-state index is 12.0. The molecular formula is C11H18F2N2O2. The Kier molecular flexibility index (Phi) is 4.84. The second kappa shape index (κ2) is 5.93. The Morgan fingerprint density at radius 1 is 1.24 bits per heavy atom. The predicted molar refractivity (Wildman–Crippen MR) is 58.6 cm³/mol. The summed E-state index contributed by atoms with van der Waals surface area (Å²) in [7, 11) is 0. The molecule has 1 aliphatic heterocycles. The van der Waals surface area contributed by atoms with Gasteiger partial charge in [-0.3, -0.25) is 9.59 Å². The molecule has 4 nitrogen and oxygen atoms in total. The molecule has 1 saturated heterocycles. The van der Waals surface area contributed by atoms with Gasteiger partial charge in [-0.25, -0.2) is 0 Å². The standard InChI is InChI=1S/C11H18F2N2O2/c1-7(2)11(17)15-5-3-8(4-6-15)14-10(16)9(12)13/h7-9H,3-6H2,1-2H3,(H,14,16). The average molecular weight is 248 g/mol. The predicted octanol–water partition coefficient (Wildman–Crippen LogP) is 1.01. The molecular weight excluding hydrogens is 230 g/mol. The quantitative estimate of drug-likeness (QED) is 0.810. The number of halogens is 2. The first kappa shape index (κ1) is 13.9. The lowest BCUT2D eigenvalue weighted by Gasteiger charge is -2.33. The Balaban J connectivity index is 2.36. The number of alkyl halides is 2. The van der Waals surface area contributed by atoms with E-state index in [-0.39, 0.29) is 17.9 Å². The van der Waals surface area contributed by atoms with Crippen LogP contribution in [0.5, 0.6) is 0 Å². The van der Waals surface area contributed by atoms with E-state index in [1.54, 1.807) is 4.90 Å². The zero-order chi connectivity index (χ0) is 13.0. The molecule has 0 aromatic rings. The Bertz CT molecular complexity index is 287. The number of nitrogens with one attached hydrogen (secondary N) is 1. The minimum absolute atomic E-state index is 0.0535. The molecule has 0 bridgehead atoms. The Morgan fingerprint density at radius 3 is 2.18 bits per heavy atom. The molecule has 0 aliphatic carbocycles. The highest BCUT2D eigenvalue weighted by Crippen LogP contribution is 2.13. The summed E-state index contributed by atoms with van der Waals surface area (Å²) in [6, 6.07) is -0.243. The van der Waals surface area contributed by atoms with E-state index in [0.29, 0.717) is 25.9 Å². The van der Waals surface area contributed by atoms with E-state index in [2.05, 4.69) is 5.32 Å². The largest absolute Gasteiger partial charge is 0.348 e. The van der Waals surface area contributed by atoms with Crippen molar-refractivity contribution in [3.05, 3.63) is 0 Å². The van der Waals surface area contributed by atoms with Crippen molar-refractivity contribution >= 4 is 11.8 Å². The summed E-state index contributed by atoms with van der Waals surface area (Å²) in [5.74, 6) is -1.20. The van der Waals surface area contributed by atoms with Gasteiger partial charge in [-0.15, -0.1) is 0 Å². The molecule has 1 N–H and O–H groups in total. The van der Waals surface area contributed by atoms with E-state index < -0.39 is 12.3 Å². The van der Waals surface area contributed by atoms with Gasteiger partial charge in [0.1, 0.15) is 0 Å². The summed E-state index contributed by atoms with van der Waals surface area (Å²) in [4.78, 5) is 24.2. The number of hydrogen-bond acceptors (Lipinski definition) is 2. The van der Waals surface area contributed by atoms with Crippen molar-refractivity contribution in [2.75, 3.05) is 13.1 Å². The van der Waals surface area contributed by atoms with Crippen molar-refractivity contribution in [2.24, 2.45) is 5.92 Å². The number of hydrogen-bond donors (Lipinski definition) is 1. The van der Waals surface area contributed by atoms with Gasteiger partial charge in [0.05, 0.1) is 0 Å². The van der Waals surface area contributed by atoms with Crippen LogP contribution in [0.4, 0.5) is 8.78 Å². The molecule has 0 saturated carbocycles. The number of piperidine rings is 1. The summed E-state index contributed by atoms with van der Waals surface area (Å²) in [5, 5.41) is 2.28. The number of nitrogens with zero attached hydrogens (tertiary/aromatic N) is 1. The fraction of sp³-hybridized carbons (Fsp3) is 0.818. The fourth-order valence-electron chi connectivity index (χ4n) is 1.87. The monoisotopic (exact) mass is 248 g/mol. The van der Waals surface area contributed by atoms with Crippen molar-refractivity contribution in [1.29, 1.82) is 0 Å². The van der Waals surface area contributed by atoms with E-state index >= 15 is 0 Å². The maximum Gasteiger partial charge on any atom is 0.315 e. The van der Waals surface area contributed by atoms with E-state index in [0.717, 1.165) is 0 Å². The lowest BCUT2D eigenvalue weighted by Crippen LogP contribution is -2.48. The smallest absolute Gasteiger partial charge is 0.315 e. The Hall–Kier alpha value is -1.20. The van der Waals surface area contributed by atoms with Gasteiger partial charge in [-0.1, -0.05) is 13.8 Å². The SMILES string of the molecule is CC(C)C(=O)N1CCC(NC(=O)C(F)F)CC1. The third-order valence-electron chi connectivity index (χ3n) is 2.85. The molecule has 98 valence electrons. The molecule has 2 amide bonds. The van der Waals surface area contributed by atoms with Crippen LogP contribution in [0.1, 0.15) is 26.7 Å². The summed E-state index contributed by atoms with van der Waals surface area (Å²) in [6.07, 6.45) is -1.89. The van der Waals surface area contributed by atoms with Crippen molar-refractivity contribution in [2.45, 2.75) is 39.2 Å². The molecule has 0 spiro atoms. The number of likely N-dealkylation sites (tertiary alicyclic amines) is 1. The minimum Gasteiger partial charge on any atom is -0.348 e. The average Bonchev–Trinajstić information content (AvgIpc) is 2.28. The molecule has 0 aromatic carbocycles. The third-order valence-corrected chi connectivity index (χ3v) is 2.85. The van der Waals surface area contributed by atoms with Crippen LogP contribution in [0.25, 0.3) is 0 Å². The highest BCUT2D eigenvalue weighted by molar-refractivity contribution is 5.80. The molecule has 1 rings (SSSR count). The maximum atomic E-state index is 12.0. The number of amides is 2. The zero-order valence-electron chi connectivity index (χ0n) is 10.1. The molecule has 17 heavy (non-hydrogen) atoms. The molecule has 0 radical (unpaired) electrons. The van der Waals surface area contributed by atoms with Crippen molar-refractivity contribution < 1.29 is 18.4 Å². The molecule has 0 aromatic heterocycles. The van der Waals surface area contributed by atoms with E-state index in [1.807, 2.05) is 13.8 Å². The third kappa shape index (κ3) is 3.94. The van der Waals surface area contributed by atoms with Gasteiger partial charge in [-0.05, 0) is 12.8 Å². The van der Waals surface area contributed by atoms with Crippen molar-refractivity contribution in [3.8, 4) is 0 Å². The van der Waals surface area contributed by atoms with Crippen LogP contribution in [0, 0.1) is 5.92 Å². The van der Waals surface area contributed by atoms with Crippen molar-refractivity contribution in [3.63, 3.8) is 0 Å². The minimum atomic E-state index is -2.97. The number of carbonyl (C=O) groups is 2. The lowest BCUT2D eigenvalue weighted by atomic mass is 10.0. The Labute approximate surface area is 99.3 Å². The van der Waals surface area contributed by atoms with E-state index in [1.165, 1.54) is 0 Å². The van der Waals surface area contributed by atoms with Gasteiger partial charge in [0, 0.05) is 25.0 Å². The molecule has 6 heteroatoms. The second-order valence-corrected chi connectivity index (χ2v) is 4.56.